The number of hydrogen-bond donors (Lipinski definition) is 1. The van der Waals surface area contributed by atoms with Crippen molar-refractivity contribution in [2.45, 2.75) is 26.7 Å². The van der Waals surface area contributed by atoms with Crippen LogP contribution in [0.25, 0.3) is 0 Å². The van der Waals surface area contributed by atoms with Gasteiger partial charge in [0, 0.05) is 6.54 Å². The fourth-order valence-electron chi connectivity index (χ4n) is 3.26. The highest BCUT2D eigenvalue weighted by Gasteiger charge is 2.53. The molecule has 0 radical (unpaired) electrons. The molecule has 7 heteroatoms. The second-order valence-corrected chi connectivity index (χ2v) is 6.51. The van der Waals surface area contributed by atoms with E-state index < -0.39 is 29.1 Å². The van der Waals surface area contributed by atoms with Crippen LogP contribution in [0.3, 0.4) is 0 Å². The maximum absolute atomic E-state index is 12.7. The highest BCUT2D eigenvalue weighted by molar-refractivity contribution is 6.21. The molecule has 1 atom stereocenters. The first kappa shape index (κ1) is 16.2. The van der Waals surface area contributed by atoms with Crippen molar-refractivity contribution in [1.29, 1.82) is 0 Å². The highest BCUT2D eigenvalue weighted by atomic mass is 16.7. The summed E-state index contributed by atoms with van der Waals surface area (Å²) in [6.07, 6.45) is 0.576. The zero-order valence-electron chi connectivity index (χ0n) is 13.5. The van der Waals surface area contributed by atoms with E-state index in [4.69, 9.17) is 4.84 Å². The summed E-state index contributed by atoms with van der Waals surface area (Å²) in [5.74, 6) is -2.59. The second-order valence-electron chi connectivity index (χ2n) is 6.51. The first-order valence-corrected chi connectivity index (χ1v) is 7.85. The number of hydroxylamine groups is 2. The summed E-state index contributed by atoms with van der Waals surface area (Å²) in [5.41, 5.74) is -0.989. The summed E-state index contributed by atoms with van der Waals surface area (Å²) >= 11 is 0. The molecule has 126 valence electrons. The molecule has 1 fully saturated rings. The molecule has 1 N–H and O–H groups in total. The number of benzene rings is 1. The largest absolute Gasteiger partial charge is 0.355 e. The average molecular weight is 330 g/mol. The van der Waals surface area contributed by atoms with E-state index >= 15 is 0 Å². The van der Waals surface area contributed by atoms with Crippen molar-refractivity contribution in [3.63, 3.8) is 0 Å². The van der Waals surface area contributed by atoms with Crippen LogP contribution < -0.4 is 5.32 Å². The van der Waals surface area contributed by atoms with Gasteiger partial charge in [-0.3, -0.25) is 14.4 Å². The smallest absolute Gasteiger partial charge is 0.348 e. The standard InChI is InChI=1S/C17H18N2O5/c1-10(2)9-17(7-8-18-15(17)22)16(23)24-19-13(20)11-5-3-4-6-12(11)14(19)21/h3-6,10H,7-9H2,1-2H3,(H,18,22). The molecule has 0 spiro atoms. The molecule has 7 nitrogen and oxygen atoms in total. The zero-order chi connectivity index (χ0) is 17.5. The Bertz CT molecular complexity index is 707. The van der Waals surface area contributed by atoms with Gasteiger partial charge < -0.3 is 10.2 Å². The predicted octanol–water partition coefficient (Wildman–Crippen LogP) is 1.29. The summed E-state index contributed by atoms with van der Waals surface area (Å²) in [4.78, 5) is 54.6. The van der Waals surface area contributed by atoms with E-state index in [1.807, 2.05) is 13.8 Å². The molecular weight excluding hydrogens is 312 g/mol. The molecule has 0 saturated carbocycles. The number of carbonyl (C=O) groups is 4. The molecule has 24 heavy (non-hydrogen) atoms. The Kier molecular flexibility index (Phi) is 3.87. The molecular formula is C17H18N2O5. The van der Waals surface area contributed by atoms with Gasteiger partial charge in [0.2, 0.25) is 5.91 Å². The Balaban J connectivity index is 1.86. The van der Waals surface area contributed by atoms with E-state index in [0.29, 0.717) is 18.0 Å². The Labute approximate surface area is 138 Å². The molecule has 1 saturated heterocycles. The quantitative estimate of drug-likeness (QED) is 0.663. The highest BCUT2D eigenvalue weighted by Crippen LogP contribution is 2.36. The molecule has 3 rings (SSSR count). The number of nitrogens with one attached hydrogen (secondary N) is 1. The number of rotatable bonds is 4. The van der Waals surface area contributed by atoms with Gasteiger partial charge in [-0.1, -0.05) is 31.0 Å². The lowest BCUT2D eigenvalue weighted by Crippen LogP contribution is -2.45. The minimum Gasteiger partial charge on any atom is -0.355 e. The maximum Gasteiger partial charge on any atom is 0.348 e. The van der Waals surface area contributed by atoms with Gasteiger partial charge in [-0.2, -0.15) is 0 Å². The molecule has 2 aliphatic rings. The number of nitrogens with zero attached hydrogens (tertiary/aromatic N) is 1. The third kappa shape index (κ3) is 2.36. The third-order valence-corrected chi connectivity index (χ3v) is 4.35. The monoisotopic (exact) mass is 330 g/mol. The van der Waals surface area contributed by atoms with Crippen molar-refractivity contribution >= 4 is 23.7 Å². The summed E-state index contributed by atoms with van der Waals surface area (Å²) in [5, 5.41) is 3.09. The lowest BCUT2D eigenvalue weighted by atomic mass is 9.79. The van der Waals surface area contributed by atoms with Crippen molar-refractivity contribution in [2.75, 3.05) is 6.54 Å². The maximum atomic E-state index is 12.7. The van der Waals surface area contributed by atoms with Crippen LogP contribution in [0.2, 0.25) is 0 Å². The van der Waals surface area contributed by atoms with Gasteiger partial charge in [-0.15, -0.1) is 0 Å². The number of imide groups is 1. The van der Waals surface area contributed by atoms with Crippen LogP contribution in [0, 0.1) is 11.3 Å². The minimum atomic E-state index is -1.36. The van der Waals surface area contributed by atoms with Crippen LogP contribution >= 0.6 is 0 Å². The molecule has 0 aliphatic carbocycles. The van der Waals surface area contributed by atoms with E-state index in [-0.39, 0.29) is 23.5 Å². The minimum absolute atomic E-state index is 0.0728. The second kappa shape index (κ2) is 5.74. The zero-order valence-corrected chi connectivity index (χ0v) is 13.5. The lowest BCUT2D eigenvalue weighted by Gasteiger charge is -2.26. The molecule has 0 aromatic heterocycles. The summed E-state index contributed by atoms with van der Waals surface area (Å²) in [6, 6.07) is 6.24. The molecule has 0 bridgehead atoms. The van der Waals surface area contributed by atoms with Gasteiger partial charge in [0.1, 0.15) is 0 Å². The van der Waals surface area contributed by atoms with Crippen molar-refractivity contribution in [3.8, 4) is 0 Å². The Morgan fingerprint density at radius 1 is 1.21 bits per heavy atom. The Morgan fingerprint density at radius 3 is 2.25 bits per heavy atom. The van der Waals surface area contributed by atoms with Gasteiger partial charge >= 0.3 is 5.97 Å². The normalized spacial score (nSPS) is 22.8. The number of carbonyl (C=O) groups excluding carboxylic acids is 4. The first-order valence-electron chi connectivity index (χ1n) is 7.85. The molecule has 2 heterocycles. The summed E-state index contributed by atoms with van der Waals surface area (Å²) < 4.78 is 0. The van der Waals surface area contributed by atoms with E-state index in [1.165, 1.54) is 12.1 Å². The van der Waals surface area contributed by atoms with Gasteiger partial charge in [0.15, 0.2) is 5.41 Å². The van der Waals surface area contributed by atoms with Gasteiger partial charge in [-0.25, -0.2) is 4.79 Å². The predicted molar refractivity (Wildman–Crippen MR) is 82.5 cm³/mol. The molecule has 1 unspecified atom stereocenters. The number of hydrogen-bond acceptors (Lipinski definition) is 5. The van der Waals surface area contributed by atoms with Crippen LogP contribution in [-0.4, -0.2) is 35.3 Å². The van der Waals surface area contributed by atoms with Crippen LogP contribution in [0.5, 0.6) is 0 Å². The van der Waals surface area contributed by atoms with Crippen molar-refractivity contribution in [2.24, 2.45) is 11.3 Å². The van der Waals surface area contributed by atoms with E-state index in [0.717, 1.165) is 0 Å². The molecule has 3 amide bonds. The average Bonchev–Trinajstić information content (AvgIpc) is 3.02. The molecule has 1 aromatic rings. The van der Waals surface area contributed by atoms with E-state index in [1.54, 1.807) is 12.1 Å². The van der Waals surface area contributed by atoms with Gasteiger partial charge in [0.25, 0.3) is 11.8 Å². The van der Waals surface area contributed by atoms with Crippen LogP contribution in [0.4, 0.5) is 0 Å². The first-order chi connectivity index (χ1) is 11.4. The third-order valence-electron chi connectivity index (χ3n) is 4.35. The summed E-state index contributed by atoms with van der Waals surface area (Å²) in [6.45, 7) is 4.15. The SMILES string of the molecule is CC(C)CC1(C(=O)ON2C(=O)c3ccccc3C2=O)CCNC1=O. The lowest BCUT2D eigenvalue weighted by molar-refractivity contribution is -0.183. The van der Waals surface area contributed by atoms with E-state index in [9.17, 15) is 19.2 Å². The van der Waals surface area contributed by atoms with Crippen LogP contribution in [0.15, 0.2) is 24.3 Å². The summed E-state index contributed by atoms with van der Waals surface area (Å²) in [7, 11) is 0. The van der Waals surface area contributed by atoms with Crippen molar-refractivity contribution in [1.82, 2.24) is 10.4 Å². The Morgan fingerprint density at radius 2 is 1.79 bits per heavy atom. The van der Waals surface area contributed by atoms with Crippen LogP contribution in [0.1, 0.15) is 47.4 Å². The fourth-order valence-corrected chi connectivity index (χ4v) is 3.26. The Hall–Kier alpha value is -2.70. The van der Waals surface area contributed by atoms with Crippen molar-refractivity contribution < 1.29 is 24.0 Å². The topological polar surface area (TPSA) is 92.8 Å². The van der Waals surface area contributed by atoms with Gasteiger partial charge in [-0.05, 0) is 30.9 Å². The fraction of sp³-hybridized carbons (Fsp3) is 0.412. The molecule has 1 aromatic carbocycles. The molecule has 2 aliphatic heterocycles. The van der Waals surface area contributed by atoms with E-state index in [2.05, 4.69) is 5.32 Å². The number of fused-ring (bicyclic) bond motifs is 1. The number of amides is 3. The van der Waals surface area contributed by atoms with Crippen molar-refractivity contribution in [3.05, 3.63) is 35.4 Å². The van der Waals surface area contributed by atoms with Crippen LogP contribution in [-0.2, 0) is 14.4 Å². The van der Waals surface area contributed by atoms with Gasteiger partial charge in [0.05, 0.1) is 11.1 Å².